The topological polar surface area (TPSA) is 37.3 Å². The number of carbonyl (C=O) groups excluding carboxylic acids is 1. The fraction of sp³-hybridized carbons (Fsp3) is 0. The number of phenols is 1. The Labute approximate surface area is 87.1 Å². The maximum Gasteiger partial charge on any atom is 0.179 e. The Morgan fingerprint density at radius 3 is 2.43 bits per heavy atom. The number of rotatable bonds is 3. The van der Waals surface area contributed by atoms with Crippen molar-refractivity contribution < 1.29 is 9.90 Å². The molecular weight excluding hydrogens is 200 g/mol. The van der Waals surface area contributed by atoms with Gasteiger partial charge in [0.25, 0.3) is 0 Å². The maximum absolute atomic E-state index is 11.0. The predicted octanol–water partition coefficient (Wildman–Crippen LogP) is 2.73. The lowest BCUT2D eigenvalue weighted by molar-refractivity contribution is -0.110. The van der Waals surface area contributed by atoms with Gasteiger partial charge in [0.15, 0.2) is 5.78 Å². The molecule has 0 bridgehead atoms. The zero-order valence-electron chi connectivity index (χ0n) is 7.35. The molecule has 0 saturated carbocycles. The fourth-order valence-electron chi connectivity index (χ4n) is 0.881. The van der Waals surface area contributed by atoms with Crippen molar-refractivity contribution in [2.75, 3.05) is 0 Å². The lowest BCUT2D eigenvalue weighted by Gasteiger charge is -1.92. The van der Waals surface area contributed by atoms with E-state index >= 15 is 0 Å². The first-order chi connectivity index (χ1) is 6.72. The van der Waals surface area contributed by atoms with Crippen LogP contribution in [-0.4, -0.2) is 10.9 Å². The van der Waals surface area contributed by atoms with Gasteiger partial charge in [-0.3, -0.25) is 4.79 Å². The van der Waals surface area contributed by atoms with Gasteiger partial charge in [0.1, 0.15) is 5.75 Å². The molecule has 0 radical (unpaired) electrons. The van der Waals surface area contributed by atoms with Gasteiger partial charge in [-0.2, -0.15) is 0 Å². The highest BCUT2D eigenvalue weighted by Gasteiger charge is 1.90. The van der Waals surface area contributed by atoms with E-state index in [1.165, 1.54) is 17.7 Å². The van der Waals surface area contributed by atoms with Crippen molar-refractivity contribution in [1.82, 2.24) is 0 Å². The summed E-state index contributed by atoms with van der Waals surface area (Å²) in [4.78, 5) is 11.0. The standard InChI is InChI=1S/C11H9ClO2/c12-8-7-11(14)6-3-9-1-4-10(13)5-2-9/h1-8,13H/b6-3+,8-7+. The molecule has 0 aliphatic carbocycles. The van der Waals surface area contributed by atoms with Crippen LogP contribution in [0.5, 0.6) is 5.75 Å². The summed E-state index contributed by atoms with van der Waals surface area (Å²) in [5.41, 5.74) is 2.02. The van der Waals surface area contributed by atoms with Gasteiger partial charge < -0.3 is 5.11 Å². The van der Waals surface area contributed by atoms with Crippen LogP contribution in [0.1, 0.15) is 5.56 Å². The first-order valence-corrected chi connectivity index (χ1v) is 4.44. The summed E-state index contributed by atoms with van der Waals surface area (Å²) in [6, 6.07) is 6.54. The van der Waals surface area contributed by atoms with Crippen LogP contribution in [0, 0.1) is 0 Å². The van der Waals surface area contributed by atoms with E-state index in [0.29, 0.717) is 0 Å². The van der Waals surface area contributed by atoms with Crippen LogP contribution in [0.15, 0.2) is 42.0 Å². The van der Waals surface area contributed by atoms with Gasteiger partial charge in [0.2, 0.25) is 0 Å². The van der Waals surface area contributed by atoms with E-state index in [2.05, 4.69) is 0 Å². The van der Waals surface area contributed by atoms with Crippen LogP contribution >= 0.6 is 11.6 Å². The molecule has 0 aliphatic rings. The van der Waals surface area contributed by atoms with Gasteiger partial charge in [-0.1, -0.05) is 29.8 Å². The average Bonchev–Trinajstić information content (AvgIpc) is 2.17. The monoisotopic (exact) mass is 208 g/mol. The Bertz CT molecular complexity index is 363. The average molecular weight is 209 g/mol. The van der Waals surface area contributed by atoms with Gasteiger partial charge in [0.05, 0.1) is 0 Å². The van der Waals surface area contributed by atoms with Crippen LogP contribution in [0.3, 0.4) is 0 Å². The molecule has 3 heteroatoms. The molecule has 0 saturated heterocycles. The number of hydrogen-bond donors (Lipinski definition) is 1. The van der Waals surface area contributed by atoms with Crippen LogP contribution in [0.2, 0.25) is 0 Å². The largest absolute Gasteiger partial charge is 0.508 e. The molecule has 14 heavy (non-hydrogen) atoms. The summed E-state index contributed by atoms with van der Waals surface area (Å²) >= 11 is 5.23. The number of ketones is 1. The van der Waals surface area contributed by atoms with Crippen LogP contribution < -0.4 is 0 Å². The summed E-state index contributed by atoms with van der Waals surface area (Å²) < 4.78 is 0. The van der Waals surface area contributed by atoms with Gasteiger partial charge >= 0.3 is 0 Å². The summed E-state index contributed by atoms with van der Waals surface area (Å²) in [5.74, 6) is 0.0298. The van der Waals surface area contributed by atoms with Gasteiger partial charge in [-0.25, -0.2) is 0 Å². The SMILES string of the molecule is O=C(/C=C/Cl)/C=C/c1ccc(O)cc1. The van der Waals surface area contributed by atoms with Crippen LogP contribution in [-0.2, 0) is 4.79 Å². The van der Waals surface area contributed by atoms with Gasteiger partial charge in [-0.15, -0.1) is 0 Å². The first-order valence-electron chi connectivity index (χ1n) is 4.00. The van der Waals surface area contributed by atoms with E-state index in [1.807, 2.05) is 0 Å². The Morgan fingerprint density at radius 2 is 1.86 bits per heavy atom. The second-order valence-electron chi connectivity index (χ2n) is 2.62. The Balaban J connectivity index is 2.69. The summed E-state index contributed by atoms with van der Waals surface area (Å²) in [6.45, 7) is 0. The molecular formula is C11H9ClO2. The summed E-state index contributed by atoms with van der Waals surface area (Å²) in [5, 5.41) is 9.00. The van der Waals surface area contributed by atoms with Crippen LogP contribution in [0.25, 0.3) is 6.08 Å². The molecule has 1 N–H and O–H groups in total. The maximum atomic E-state index is 11.0. The van der Waals surface area contributed by atoms with Gasteiger partial charge in [-0.05, 0) is 29.8 Å². The number of phenolic OH excluding ortho intramolecular Hbond substituents is 1. The van der Waals surface area contributed by atoms with Crippen molar-refractivity contribution >= 4 is 23.5 Å². The molecule has 1 aromatic carbocycles. The van der Waals surface area contributed by atoms with Crippen LogP contribution in [0.4, 0.5) is 0 Å². The van der Waals surface area contributed by atoms with E-state index in [-0.39, 0.29) is 11.5 Å². The molecule has 0 fully saturated rings. The molecule has 0 aliphatic heterocycles. The highest BCUT2D eigenvalue weighted by atomic mass is 35.5. The molecule has 0 spiro atoms. The Kier molecular flexibility index (Phi) is 3.95. The fourth-order valence-corrected chi connectivity index (χ4v) is 1.01. The van der Waals surface area contributed by atoms with E-state index in [9.17, 15) is 4.79 Å². The van der Waals surface area contributed by atoms with Crippen molar-refractivity contribution in [3.8, 4) is 5.75 Å². The second-order valence-corrected chi connectivity index (χ2v) is 2.87. The van der Waals surface area contributed by atoms with Crippen molar-refractivity contribution in [3.63, 3.8) is 0 Å². The molecule has 2 nitrogen and oxygen atoms in total. The van der Waals surface area contributed by atoms with Gasteiger partial charge in [0, 0.05) is 5.54 Å². The van der Waals surface area contributed by atoms with E-state index < -0.39 is 0 Å². The lowest BCUT2D eigenvalue weighted by atomic mass is 10.2. The molecule has 0 aromatic heterocycles. The minimum Gasteiger partial charge on any atom is -0.508 e. The molecule has 72 valence electrons. The normalized spacial score (nSPS) is 11.2. The third kappa shape index (κ3) is 3.46. The van der Waals surface area contributed by atoms with E-state index in [4.69, 9.17) is 16.7 Å². The van der Waals surface area contributed by atoms with Crippen molar-refractivity contribution in [2.24, 2.45) is 0 Å². The summed E-state index contributed by atoms with van der Waals surface area (Å²) in [6.07, 6.45) is 4.32. The summed E-state index contributed by atoms with van der Waals surface area (Å²) in [7, 11) is 0. The third-order valence-electron chi connectivity index (χ3n) is 1.56. The number of allylic oxidation sites excluding steroid dienone is 2. The molecule has 1 rings (SSSR count). The number of halogens is 1. The number of aromatic hydroxyl groups is 1. The number of carbonyl (C=O) groups is 1. The Hall–Kier alpha value is -1.54. The zero-order valence-corrected chi connectivity index (χ0v) is 8.11. The highest BCUT2D eigenvalue weighted by Crippen LogP contribution is 2.10. The molecule has 0 atom stereocenters. The molecule has 0 amide bonds. The third-order valence-corrected chi connectivity index (χ3v) is 1.69. The number of benzene rings is 1. The second kappa shape index (κ2) is 5.25. The van der Waals surface area contributed by atoms with E-state index in [0.717, 1.165) is 5.56 Å². The Morgan fingerprint density at radius 1 is 1.21 bits per heavy atom. The lowest BCUT2D eigenvalue weighted by Crippen LogP contribution is -1.83. The van der Waals surface area contributed by atoms with Crippen molar-refractivity contribution in [1.29, 1.82) is 0 Å². The quantitative estimate of drug-likeness (QED) is 0.776. The highest BCUT2D eigenvalue weighted by molar-refractivity contribution is 6.27. The first kappa shape index (κ1) is 10.5. The van der Waals surface area contributed by atoms with E-state index in [1.54, 1.807) is 30.3 Å². The molecule has 0 unspecified atom stereocenters. The predicted molar refractivity (Wildman–Crippen MR) is 57.1 cm³/mol. The number of hydrogen-bond acceptors (Lipinski definition) is 2. The zero-order chi connectivity index (χ0) is 10.4. The molecule has 1 aromatic rings. The van der Waals surface area contributed by atoms with Crippen molar-refractivity contribution in [2.45, 2.75) is 0 Å². The van der Waals surface area contributed by atoms with Crippen molar-refractivity contribution in [3.05, 3.63) is 47.5 Å². The smallest absolute Gasteiger partial charge is 0.179 e. The molecule has 0 heterocycles. The minimum absolute atomic E-state index is 0.173. The minimum atomic E-state index is -0.173.